The lowest BCUT2D eigenvalue weighted by Gasteiger charge is -2.14. The van der Waals surface area contributed by atoms with E-state index in [1.807, 2.05) is 13.8 Å². The van der Waals surface area contributed by atoms with Crippen LogP contribution in [0, 0.1) is 6.92 Å². The summed E-state index contributed by atoms with van der Waals surface area (Å²) in [5.74, 6) is 0.429. The van der Waals surface area contributed by atoms with Crippen molar-refractivity contribution < 1.29 is 17.9 Å². The average Bonchev–Trinajstić information content (AvgIpc) is 2.48. The molecule has 2 aromatic rings. The fourth-order valence-corrected chi connectivity index (χ4v) is 3.39. The summed E-state index contributed by atoms with van der Waals surface area (Å²) in [4.78, 5) is 11.3. The van der Waals surface area contributed by atoms with E-state index in [4.69, 9.17) is 4.74 Å². The van der Waals surface area contributed by atoms with E-state index in [1.54, 1.807) is 43.3 Å². The van der Waals surface area contributed by atoms with Crippen molar-refractivity contribution in [2.24, 2.45) is 0 Å². The van der Waals surface area contributed by atoms with Crippen molar-refractivity contribution in [2.75, 3.05) is 10.0 Å². The first-order valence-electron chi connectivity index (χ1n) is 7.85. The number of carbonyl (C=O) groups excluding carboxylic acids is 1. The Hall–Kier alpha value is -2.54. The zero-order valence-corrected chi connectivity index (χ0v) is 15.5. The standard InChI is InChI=1S/C18H22N2O4S/c1-12(2)24-18-9-8-17(10-13(18)3)25(22,23)20-16-7-5-6-15(11-16)19-14(4)21/h5-12,20H,1-4H3,(H,19,21). The van der Waals surface area contributed by atoms with Crippen molar-refractivity contribution in [1.29, 1.82) is 0 Å². The minimum atomic E-state index is -3.74. The van der Waals surface area contributed by atoms with Gasteiger partial charge in [0, 0.05) is 12.6 Å². The van der Waals surface area contributed by atoms with Crippen LogP contribution in [0.5, 0.6) is 5.75 Å². The molecule has 0 aromatic heterocycles. The van der Waals surface area contributed by atoms with Crippen LogP contribution in [0.15, 0.2) is 47.4 Å². The third kappa shape index (κ3) is 5.22. The predicted octanol–water partition coefficient (Wildman–Crippen LogP) is 3.54. The molecule has 0 saturated carbocycles. The Morgan fingerprint density at radius 1 is 1.08 bits per heavy atom. The molecule has 134 valence electrons. The molecule has 0 unspecified atom stereocenters. The molecule has 0 bridgehead atoms. The van der Waals surface area contributed by atoms with E-state index < -0.39 is 10.0 Å². The van der Waals surface area contributed by atoms with Crippen LogP contribution in [0.1, 0.15) is 26.3 Å². The third-order valence-corrected chi connectivity index (χ3v) is 4.63. The maximum absolute atomic E-state index is 12.6. The van der Waals surface area contributed by atoms with Crippen LogP contribution in [0.3, 0.4) is 0 Å². The number of benzene rings is 2. The van der Waals surface area contributed by atoms with E-state index in [0.717, 1.165) is 5.56 Å². The molecule has 0 radical (unpaired) electrons. The Balaban J connectivity index is 2.24. The highest BCUT2D eigenvalue weighted by Crippen LogP contribution is 2.25. The minimum Gasteiger partial charge on any atom is -0.491 e. The SMILES string of the molecule is CC(=O)Nc1cccc(NS(=O)(=O)c2ccc(OC(C)C)c(C)c2)c1. The van der Waals surface area contributed by atoms with Crippen molar-refractivity contribution >= 4 is 27.3 Å². The molecule has 6 nitrogen and oxygen atoms in total. The second kappa shape index (κ2) is 7.57. The van der Waals surface area contributed by atoms with Gasteiger partial charge in [0.25, 0.3) is 10.0 Å². The highest BCUT2D eigenvalue weighted by molar-refractivity contribution is 7.92. The first kappa shape index (κ1) is 18.8. The van der Waals surface area contributed by atoms with E-state index in [9.17, 15) is 13.2 Å². The molecule has 25 heavy (non-hydrogen) atoms. The molecule has 2 N–H and O–H groups in total. The highest BCUT2D eigenvalue weighted by Gasteiger charge is 2.16. The van der Waals surface area contributed by atoms with Crippen LogP contribution in [-0.2, 0) is 14.8 Å². The van der Waals surface area contributed by atoms with Gasteiger partial charge in [0.05, 0.1) is 16.7 Å². The smallest absolute Gasteiger partial charge is 0.261 e. The van der Waals surface area contributed by atoms with Crippen LogP contribution < -0.4 is 14.8 Å². The van der Waals surface area contributed by atoms with Crippen LogP contribution in [0.4, 0.5) is 11.4 Å². The number of ether oxygens (including phenoxy) is 1. The molecule has 2 rings (SSSR count). The van der Waals surface area contributed by atoms with E-state index in [-0.39, 0.29) is 16.9 Å². The number of hydrogen-bond donors (Lipinski definition) is 2. The van der Waals surface area contributed by atoms with E-state index >= 15 is 0 Å². The maximum Gasteiger partial charge on any atom is 0.261 e. The second-order valence-electron chi connectivity index (χ2n) is 5.96. The third-order valence-electron chi connectivity index (χ3n) is 3.25. The summed E-state index contributed by atoms with van der Waals surface area (Å²) >= 11 is 0. The molecule has 7 heteroatoms. The Kier molecular flexibility index (Phi) is 5.69. The van der Waals surface area contributed by atoms with Crippen molar-refractivity contribution in [3.63, 3.8) is 0 Å². The number of amides is 1. The van der Waals surface area contributed by atoms with Gasteiger partial charge in [0.2, 0.25) is 5.91 Å². The largest absolute Gasteiger partial charge is 0.491 e. The zero-order chi connectivity index (χ0) is 18.6. The average molecular weight is 362 g/mol. The number of nitrogens with one attached hydrogen (secondary N) is 2. The molecule has 0 aliphatic carbocycles. The van der Waals surface area contributed by atoms with Gasteiger partial charge in [-0.1, -0.05) is 6.07 Å². The van der Waals surface area contributed by atoms with E-state index in [0.29, 0.717) is 17.1 Å². The van der Waals surface area contributed by atoms with Crippen molar-refractivity contribution in [3.8, 4) is 5.75 Å². The Morgan fingerprint density at radius 2 is 1.76 bits per heavy atom. The van der Waals surface area contributed by atoms with Gasteiger partial charge < -0.3 is 10.1 Å². The molecule has 0 saturated heterocycles. The van der Waals surface area contributed by atoms with Crippen LogP contribution in [0.2, 0.25) is 0 Å². The molecule has 0 atom stereocenters. The van der Waals surface area contributed by atoms with Crippen molar-refractivity contribution in [2.45, 2.75) is 38.7 Å². The van der Waals surface area contributed by atoms with Gasteiger partial charge >= 0.3 is 0 Å². The van der Waals surface area contributed by atoms with Crippen LogP contribution in [0.25, 0.3) is 0 Å². The Labute approximate surface area is 148 Å². The van der Waals surface area contributed by atoms with Gasteiger partial charge in [-0.2, -0.15) is 0 Å². The second-order valence-corrected chi connectivity index (χ2v) is 7.64. The van der Waals surface area contributed by atoms with Crippen LogP contribution >= 0.6 is 0 Å². The highest BCUT2D eigenvalue weighted by atomic mass is 32.2. The first-order chi connectivity index (χ1) is 11.7. The van der Waals surface area contributed by atoms with Gasteiger partial charge in [-0.3, -0.25) is 9.52 Å². The lowest BCUT2D eigenvalue weighted by Crippen LogP contribution is -2.14. The molecular weight excluding hydrogens is 340 g/mol. The zero-order valence-electron chi connectivity index (χ0n) is 14.7. The molecule has 0 spiro atoms. The normalized spacial score (nSPS) is 11.2. The fourth-order valence-electron chi connectivity index (χ4n) is 2.25. The minimum absolute atomic E-state index is 0.01000. The summed E-state index contributed by atoms with van der Waals surface area (Å²) in [6.07, 6.45) is 0.01000. The number of hydrogen-bond acceptors (Lipinski definition) is 4. The summed E-state index contributed by atoms with van der Waals surface area (Å²) in [5, 5.41) is 2.62. The molecular formula is C18H22N2O4S. The number of anilines is 2. The molecule has 0 fully saturated rings. The van der Waals surface area contributed by atoms with Crippen molar-refractivity contribution in [1.82, 2.24) is 0 Å². The molecule has 1 amide bonds. The molecule has 2 aromatic carbocycles. The van der Waals surface area contributed by atoms with Gasteiger partial charge in [0.15, 0.2) is 0 Å². The van der Waals surface area contributed by atoms with Gasteiger partial charge in [-0.05, 0) is 62.7 Å². The summed E-state index contributed by atoms with van der Waals surface area (Å²) in [7, 11) is -3.74. The van der Waals surface area contributed by atoms with E-state index in [2.05, 4.69) is 10.0 Å². The Bertz CT molecular complexity index is 876. The fraction of sp³-hybridized carbons (Fsp3) is 0.278. The molecule has 0 aliphatic heterocycles. The van der Waals surface area contributed by atoms with Gasteiger partial charge in [-0.15, -0.1) is 0 Å². The van der Waals surface area contributed by atoms with Gasteiger partial charge in [-0.25, -0.2) is 8.42 Å². The number of rotatable bonds is 6. The number of carbonyl (C=O) groups is 1. The van der Waals surface area contributed by atoms with Gasteiger partial charge in [0.1, 0.15) is 5.75 Å². The Morgan fingerprint density at radius 3 is 2.36 bits per heavy atom. The summed E-state index contributed by atoms with van der Waals surface area (Å²) in [6, 6.07) is 11.2. The summed E-state index contributed by atoms with van der Waals surface area (Å²) in [5.41, 5.74) is 1.62. The maximum atomic E-state index is 12.6. The van der Waals surface area contributed by atoms with Crippen LogP contribution in [-0.4, -0.2) is 20.4 Å². The monoisotopic (exact) mass is 362 g/mol. The topological polar surface area (TPSA) is 84.5 Å². The van der Waals surface area contributed by atoms with Crippen molar-refractivity contribution in [3.05, 3.63) is 48.0 Å². The summed E-state index contributed by atoms with van der Waals surface area (Å²) < 4.78 is 33.3. The number of aryl methyl sites for hydroxylation is 1. The molecule has 0 aliphatic rings. The predicted molar refractivity (Wildman–Crippen MR) is 98.5 cm³/mol. The quantitative estimate of drug-likeness (QED) is 0.823. The first-order valence-corrected chi connectivity index (χ1v) is 9.33. The number of sulfonamides is 1. The summed E-state index contributed by atoms with van der Waals surface area (Å²) in [6.45, 7) is 7.01. The van der Waals surface area contributed by atoms with E-state index in [1.165, 1.54) is 13.0 Å². The lowest BCUT2D eigenvalue weighted by atomic mass is 10.2. The lowest BCUT2D eigenvalue weighted by molar-refractivity contribution is -0.114. The molecule has 0 heterocycles.